The second kappa shape index (κ2) is 5.60. The van der Waals surface area contributed by atoms with E-state index in [9.17, 15) is 4.39 Å². The van der Waals surface area contributed by atoms with Crippen LogP contribution in [0.25, 0.3) is 33.6 Å². The quantitative estimate of drug-likeness (QED) is 0.450. The highest BCUT2D eigenvalue weighted by Gasteiger charge is 2.11. The number of rotatable bonds is 1. The van der Waals surface area contributed by atoms with Crippen LogP contribution in [-0.2, 0) is 7.05 Å². The molecule has 0 unspecified atom stereocenters. The van der Waals surface area contributed by atoms with Crippen molar-refractivity contribution in [1.29, 1.82) is 0 Å². The second-order valence-corrected chi connectivity index (χ2v) is 4.87. The van der Waals surface area contributed by atoms with Gasteiger partial charge in [0.1, 0.15) is 11.5 Å². The molecule has 0 fully saturated rings. The van der Waals surface area contributed by atoms with Gasteiger partial charge in [0.05, 0.1) is 28.3 Å². The summed E-state index contributed by atoms with van der Waals surface area (Å²) in [5, 5.41) is 0. The molecule has 0 atom stereocenters. The Labute approximate surface area is 143 Å². The van der Waals surface area contributed by atoms with Crippen LogP contribution in [0.1, 0.15) is 0 Å². The Balaban J connectivity index is 0.00000144. The van der Waals surface area contributed by atoms with Gasteiger partial charge in [-0.25, -0.2) is 14.4 Å². The van der Waals surface area contributed by atoms with Gasteiger partial charge >= 0.3 is 0 Å². The summed E-state index contributed by atoms with van der Waals surface area (Å²) in [6.07, 6.45) is 1.67. The molecule has 0 radical (unpaired) electrons. The molecule has 22 heavy (non-hydrogen) atoms. The molecule has 0 spiro atoms. The normalized spacial score (nSPS) is 10.8. The van der Waals surface area contributed by atoms with E-state index in [-0.39, 0.29) is 29.8 Å². The van der Waals surface area contributed by atoms with Gasteiger partial charge in [0.2, 0.25) is 0 Å². The van der Waals surface area contributed by atoms with Crippen LogP contribution >= 0.6 is 24.0 Å². The highest BCUT2D eigenvalue weighted by Crippen LogP contribution is 2.23. The maximum absolute atomic E-state index is 13.3. The molecule has 110 valence electrons. The Bertz CT molecular complexity index is 980. The molecule has 0 aliphatic rings. The SMILES string of the molecule is Cn1c(-c2cnc3ccc(F)cc3n2)nc2ccccc21.I. The minimum absolute atomic E-state index is 0. The predicted molar refractivity (Wildman–Crippen MR) is 94.6 cm³/mol. The smallest absolute Gasteiger partial charge is 0.161 e. The van der Waals surface area contributed by atoms with Crippen molar-refractivity contribution in [2.45, 2.75) is 0 Å². The summed E-state index contributed by atoms with van der Waals surface area (Å²) in [7, 11) is 1.93. The summed E-state index contributed by atoms with van der Waals surface area (Å²) >= 11 is 0. The third kappa shape index (κ3) is 2.33. The number of aromatic nitrogens is 4. The van der Waals surface area contributed by atoms with E-state index in [2.05, 4.69) is 15.0 Å². The van der Waals surface area contributed by atoms with Crippen LogP contribution in [0.5, 0.6) is 0 Å². The Morgan fingerprint density at radius 2 is 1.77 bits per heavy atom. The lowest BCUT2D eigenvalue weighted by Crippen LogP contribution is -1.96. The van der Waals surface area contributed by atoms with Crippen LogP contribution in [0.4, 0.5) is 4.39 Å². The first kappa shape index (κ1) is 14.8. The summed E-state index contributed by atoms with van der Waals surface area (Å²) in [5.74, 6) is 0.397. The minimum atomic E-state index is -0.320. The third-order valence-corrected chi connectivity index (χ3v) is 3.52. The van der Waals surface area contributed by atoms with Gasteiger partial charge in [-0.15, -0.1) is 24.0 Å². The third-order valence-electron chi connectivity index (χ3n) is 3.52. The highest BCUT2D eigenvalue weighted by molar-refractivity contribution is 14.0. The number of fused-ring (bicyclic) bond motifs is 2. The summed E-state index contributed by atoms with van der Waals surface area (Å²) in [6, 6.07) is 12.2. The molecule has 0 aliphatic carbocycles. The van der Waals surface area contributed by atoms with Crippen molar-refractivity contribution in [3.63, 3.8) is 0 Å². The van der Waals surface area contributed by atoms with Gasteiger partial charge in [0.25, 0.3) is 0 Å². The van der Waals surface area contributed by atoms with Gasteiger partial charge < -0.3 is 4.57 Å². The lowest BCUT2D eigenvalue weighted by molar-refractivity contribution is 0.629. The van der Waals surface area contributed by atoms with Gasteiger partial charge in [-0.2, -0.15) is 0 Å². The molecule has 4 rings (SSSR count). The highest BCUT2D eigenvalue weighted by atomic mass is 127. The number of benzene rings is 2. The van der Waals surface area contributed by atoms with Crippen LogP contribution in [-0.4, -0.2) is 19.5 Å². The fourth-order valence-corrected chi connectivity index (χ4v) is 2.47. The molecule has 0 aliphatic heterocycles. The van der Waals surface area contributed by atoms with Crippen LogP contribution < -0.4 is 0 Å². The number of hydrogen-bond acceptors (Lipinski definition) is 3. The molecular weight excluding hydrogens is 394 g/mol. The van der Waals surface area contributed by atoms with E-state index in [1.54, 1.807) is 12.3 Å². The van der Waals surface area contributed by atoms with Gasteiger partial charge in [-0.1, -0.05) is 12.1 Å². The van der Waals surface area contributed by atoms with E-state index in [1.807, 2.05) is 35.9 Å². The second-order valence-electron chi connectivity index (χ2n) is 4.87. The zero-order valence-electron chi connectivity index (χ0n) is 11.7. The standard InChI is InChI=1S/C16H11FN4.HI/c1-21-15-5-3-2-4-12(15)20-16(21)14-9-18-11-7-6-10(17)8-13(11)19-14;/h2-9H,1H3;1H. The number of nitrogens with zero attached hydrogens (tertiary/aromatic N) is 4. The van der Waals surface area contributed by atoms with Crippen LogP contribution in [0, 0.1) is 5.82 Å². The first-order valence-corrected chi connectivity index (χ1v) is 6.56. The maximum Gasteiger partial charge on any atom is 0.161 e. The van der Waals surface area contributed by atoms with Gasteiger partial charge in [-0.05, 0) is 24.3 Å². The van der Waals surface area contributed by atoms with E-state index in [0.717, 1.165) is 16.9 Å². The first-order valence-electron chi connectivity index (χ1n) is 6.56. The van der Waals surface area contributed by atoms with Crippen molar-refractivity contribution in [3.8, 4) is 11.5 Å². The van der Waals surface area contributed by atoms with E-state index in [1.165, 1.54) is 12.1 Å². The Morgan fingerprint density at radius 3 is 2.59 bits per heavy atom. The average molecular weight is 406 g/mol. The molecule has 0 amide bonds. The topological polar surface area (TPSA) is 43.6 Å². The Morgan fingerprint density at radius 1 is 0.955 bits per heavy atom. The monoisotopic (exact) mass is 406 g/mol. The number of aryl methyl sites for hydroxylation is 1. The number of hydrogen-bond donors (Lipinski definition) is 0. The summed E-state index contributed by atoms with van der Waals surface area (Å²) in [4.78, 5) is 13.4. The maximum atomic E-state index is 13.3. The molecule has 0 N–H and O–H groups in total. The first-order chi connectivity index (χ1) is 10.2. The van der Waals surface area contributed by atoms with Crippen molar-refractivity contribution in [2.75, 3.05) is 0 Å². The Hall–Kier alpha value is -2.09. The predicted octanol–water partition coefficient (Wildman–Crippen LogP) is 3.94. The molecule has 4 aromatic rings. The van der Waals surface area contributed by atoms with E-state index < -0.39 is 0 Å². The molecule has 4 nitrogen and oxygen atoms in total. The van der Waals surface area contributed by atoms with Crippen molar-refractivity contribution in [2.24, 2.45) is 7.05 Å². The van der Waals surface area contributed by atoms with E-state index in [0.29, 0.717) is 16.7 Å². The molecule has 6 heteroatoms. The molecule has 0 saturated heterocycles. The molecule has 2 aromatic heterocycles. The summed E-state index contributed by atoms with van der Waals surface area (Å²) in [5.41, 5.74) is 3.75. The fraction of sp³-hybridized carbons (Fsp3) is 0.0625. The van der Waals surface area contributed by atoms with Gasteiger partial charge in [0.15, 0.2) is 5.82 Å². The summed E-state index contributed by atoms with van der Waals surface area (Å²) in [6.45, 7) is 0. The van der Waals surface area contributed by atoms with E-state index >= 15 is 0 Å². The van der Waals surface area contributed by atoms with Gasteiger partial charge in [0, 0.05) is 13.1 Å². The molecule has 2 aromatic carbocycles. The molecule has 2 heterocycles. The van der Waals surface area contributed by atoms with Crippen LogP contribution in [0.3, 0.4) is 0 Å². The van der Waals surface area contributed by atoms with Crippen LogP contribution in [0.15, 0.2) is 48.7 Å². The average Bonchev–Trinajstić information content (AvgIpc) is 2.84. The minimum Gasteiger partial charge on any atom is -0.326 e. The largest absolute Gasteiger partial charge is 0.326 e. The van der Waals surface area contributed by atoms with Crippen molar-refractivity contribution in [1.82, 2.24) is 19.5 Å². The fourth-order valence-electron chi connectivity index (χ4n) is 2.47. The molecule has 0 bridgehead atoms. The lowest BCUT2D eigenvalue weighted by Gasteiger charge is -2.03. The summed E-state index contributed by atoms with van der Waals surface area (Å²) < 4.78 is 15.3. The molecular formula is C16H12FIN4. The van der Waals surface area contributed by atoms with Crippen LogP contribution in [0.2, 0.25) is 0 Å². The zero-order valence-corrected chi connectivity index (χ0v) is 14.0. The number of halogens is 2. The molecule has 0 saturated carbocycles. The van der Waals surface area contributed by atoms with Crippen molar-refractivity contribution < 1.29 is 4.39 Å². The number of imidazole rings is 1. The van der Waals surface area contributed by atoms with Crippen molar-refractivity contribution >= 4 is 46.0 Å². The zero-order chi connectivity index (χ0) is 14.4. The lowest BCUT2D eigenvalue weighted by atomic mass is 10.3. The Kier molecular flexibility index (Phi) is 3.78. The van der Waals surface area contributed by atoms with E-state index in [4.69, 9.17) is 0 Å². The number of para-hydroxylation sites is 2. The van der Waals surface area contributed by atoms with Crippen molar-refractivity contribution in [3.05, 3.63) is 54.5 Å². The van der Waals surface area contributed by atoms with Gasteiger partial charge in [-0.3, -0.25) is 4.98 Å².